The Kier molecular flexibility index (Phi) is 3.28. The van der Waals surface area contributed by atoms with Crippen molar-refractivity contribution in [3.05, 3.63) is 42.5 Å². The fourth-order valence-corrected chi connectivity index (χ4v) is 3.04. The molecular weight excluding hydrogens is 260 g/mol. The molecule has 0 amide bonds. The Morgan fingerprint density at radius 3 is 2.71 bits per heavy atom. The van der Waals surface area contributed by atoms with Crippen molar-refractivity contribution in [2.75, 3.05) is 26.2 Å². The summed E-state index contributed by atoms with van der Waals surface area (Å²) in [6.45, 7) is 4.46. The molecule has 3 aromatic rings. The zero-order valence-electron chi connectivity index (χ0n) is 12.1. The lowest BCUT2D eigenvalue weighted by atomic mass is 10.1. The molecule has 0 spiro atoms. The Morgan fingerprint density at radius 1 is 1.00 bits per heavy atom. The van der Waals surface area contributed by atoms with E-state index in [9.17, 15) is 0 Å². The highest BCUT2D eigenvalue weighted by atomic mass is 16.5. The van der Waals surface area contributed by atoms with Gasteiger partial charge in [-0.2, -0.15) is 0 Å². The van der Waals surface area contributed by atoms with E-state index in [0.29, 0.717) is 0 Å². The lowest BCUT2D eigenvalue weighted by Gasteiger charge is -2.30. The highest BCUT2D eigenvalue weighted by Crippen LogP contribution is 2.31. The summed E-state index contributed by atoms with van der Waals surface area (Å²) in [7, 11) is 0. The van der Waals surface area contributed by atoms with Gasteiger partial charge in [0.2, 0.25) is 0 Å². The van der Waals surface area contributed by atoms with Gasteiger partial charge in [0.15, 0.2) is 0 Å². The van der Waals surface area contributed by atoms with Gasteiger partial charge in [-0.15, -0.1) is 0 Å². The summed E-state index contributed by atoms with van der Waals surface area (Å²) in [5.41, 5.74) is 2.28. The van der Waals surface area contributed by atoms with Gasteiger partial charge in [0.25, 0.3) is 0 Å². The van der Waals surface area contributed by atoms with Crippen LogP contribution in [0.5, 0.6) is 5.75 Å². The molecular formula is C18H20N2O. The molecule has 0 atom stereocenters. The largest absolute Gasteiger partial charge is 0.491 e. The predicted molar refractivity (Wildman–Crippen MR) is 87.0 cm³/mol. The molecule has 1 saturated heterocycles. The van der Waals surface area contributed by atoms with E-state index < -0.39 is 0 Å². The number of hydrogen-bond donors (Lipinski definition) is 1. The van der Waals surface area contributed by atoms with Gasteiger partial charge in [-0.1, -0.05) is 30.3 Å². The number of nitrogens with one attached hydrogen (secondary N) is 1. The van der Waals surface area contributed by atoms with Crippen LogP contribution in [-0.4, -0.2) is 36.1 Å². The van der Waals surface area contributed by atoms with Crippen molar-refractivity contribution in [3.8, 4) is 5.75 Å². The van der Waals surface area contributed by atoms with E-state index in [4.69, 9.17) is 4.74 Å². The number of fused-ring (bicyclic) bond motifs is 3. The molecule has 108 valence electrons. The quantitative estimate of drug-likeness (QED) is 0.720. The number of ether oxygens (including phenoxy) is 1. The van der Waals surface area contributed by atoms with Crippen LogP contribution in [0.3, 0.4) is 0 Å². The third kappa shape index (κ3) is 2.38. The Morgan fingerprint density at radius 2 is 1.86 bits per heavy atom. The average molecular weight is 280 g/mol. The summed E-state index contributed by atoms with van der Waals surface area (Å²) in [6, 6.07) is 14.7. The van der Waals surface area contributed by atoms with Crippen molar-refractivity contribution in [2.24, 2.45) is 0 Å². The number of nitrogens with zero attached hydrogens (tertiary/aromatic N) is 1. The number of hydrogen-bond acceptors (Lipinski definition) is 2. The smallest absolute Gasteiger partial charge is 0.143 e. The summed E-state index contributed by atoms with van der Waals surface area (Å²) in [6.07, 6.45) is 2.45. The van der Waals surface area contributed by atoms with Crippen molar-refractivity contribution in [3.63, 3.8) is 0 Å². The molecule has 0 aliphatic carbocycles. The van der Waals surface area contributed by atoms with E-state index in [1.54, 1.807) is 0 Å². The van der Waals surface area contributed by atoms with E-state index in [0.717, 1.165) is 30.8 Å². The zero-order chi connectivity index (χ0) is 14.1. The van der Waals surface area contributed by atoms with Crippen LogP contribution >= 0.6 is 0 Å². The summed E-state index contributed by atoms with van der Waals surface area (Å²) in [5, 5.41) is 2.50. The van der Waals surface area contributed by atoms with Gasteiger partial charge >= 0.3 is 0 Å². The molecule has 21 heavy (non-hydrogen) atoms. The number of likely N-dealkylation sites (tertiary alicyclic amines) is 1. The number of aromatic nitrogens is 1. The first-order chi connectivity index (χ1) is 10.4. The molecule has 0 bridgehead atoms. The normalized spacial score (nSPS) is 15.4. The molecule has 1 aliphatic heterocycles. The zero-order valence-corrected chi connectivity index (χ0v) is 12.1. The second-order valence-electron chi connectivity index (χ2n) is 5.75. The predicted octanol–water partition coefficient (Wildman–Crippen LogP) is 3.80. The molecule has 0 saturated carbocycles. The van der Waals surface area contributed by atoms with Crippen molar-refractivity contribution in [1.29, 1.82) is 0 Å². The van der Waals surface area contributed by atoms with Gasteiger partial charge in [-0.25, -0.2) is 0 Å². The van der Waals surface area contributed by atoms with Crippen LogP contribution in [0.15, 0.2) is 42.5 Å². The first kappa shape index (κ1) is 12.7. The number of rotatable bonds is 5. The molecule has 3 nitrogen and oxygen atoms in total. The van der Waals surface area contributed by atoms with Crippen LogP contribution in [-0.2, 0) is 0 Å². The molecule has 3 heteroatoms. The third-order valence-electron chi connectivity index (χ3n) is 4.33. The monoisotopic (exact) mass is 280 g/mol. The summed E-state index contributed by atoms with van der Waals surface area (Å²) in [4.78, 5) is 5.96. The van der Waals surface area contributed by atoms with Crippen LogP contribution in [0.25, 0.3) is 21.8 Å². The molecule has 1 N–H and O–H groups in total. The standard InChI is InChI=1S/C18H20N2O/c1-2-8-16-14(6-1)15-7-3-9-17(18(15)19-16)21-13-5-12-20-10-4-11-20/h1-3,6-9,19H,4-5,10-13H2. The maximum atomic E-state index is 6.01. The van der Waals surface area contributed by atoms with Gasteiger partial charge in [0, 0.05) is 22.8 Å². The van der Waals surface area contributed by atoms with Gasteiger partial charge < -0.3 is 14.6 Å². The van der Waals surface area contributed by atoms with Crippen molar-refractivity contribution < 1.29 is 4.74 Å². The fourth-order valence-electron chi connectivity index (χ4n) is 3.04. The van der Waals surface area contributed by atoms with Crippen LogP contribution in [0.4, 0.5) is 0 Å². The van der Waals surface area contributed by atoms with Crippen LogP contribution in [0, 0.1) is 0 Å². The molecule has 0 unspecified atom stereocenters. The second-order valence-corrected chi connectivity index (χ2v) is 5.75. The van der Waals surface area contributed by atoms with E-state index in [1.165, 1.54) is 35.8 Å². The lowest BCUT2D eigenvalue weighted by Crippen LogP contribution is -2.38. The number of benzene rings is 2. The van der Waals surface area contributed by atoms with Gasteiger partial charge in [0.1, 0.15) is 5.75 Å². The maximum Gasteiger partial charge on any atom is 0.143 e. The topological polar surface area (TPSA) is 28.3 Å². The summed E-state index contributed by atoms with van der Waals surface area (Å²) < 4.78 is 6.01. The molecule has 1 aromatic heterocycles. The first-order valence-corrected chi connectivity index (χ1v) is 7.76. The van der Waals surface area contributed by atoms with Crippen LogP contribution in [0.1, 0.15) is 12.8 Å². The van der Waals surface area contributed by atoms with Crippen LogP contribution < -0.4 is 4.74 Å². The molecule has 1 fully saturated rings. The first-order valence-electron chi connectivity index (χ1n) is 7.76. The molecule has 0 radical (unpaired) electrons. The minimum absolute atomic E-state index is 0.783. The van der Waals surface area contributed by atoms with Gasteiger partial charge in [-0.05, 0) is 38.1 Å². The van der Waals surface area contributed by atoms with Crippen molar-refractivity contribution >= 4 is 21.8 Å². The van der Waals surface area contributed by atoms with E-state index >= 15 is 0 Å². The van der Waals surface area contributed by atoms with Gasteiger partial charge in [0.05, 0.1) is 12.1 Å². The number of aromatic amines is 1. The Labute approximate surface area is 124 Å². The Hall–Kier alpha value is -2.00. The van der Waals surface area contributed by atoms with E-state index in [1.807, 2.05) is 0 Å². The molecule has 2 heterocycles. The molecule has 4 rings (SSSR count). The third-order valence-corrected chi connectivity index (χ3v) is 4.33. The minimum atomic E-state index is 0.783. The minimum Gasteiger partial charge on any atom is -0.491 e. The lowest BCUT2D eigenvalue weighted by molar-refractivity contribution is 0.165. The highest BCUT2D eigenvalue weighted by molar-refractivity contribution is 6.09. The van der Waals surface area contributed by atoms with Crippen molar-refractivity contribution in [1.82, 2.24) is 9.88 Å². The molecule has 1 aliphatic rings. The SMILES string of the molecule is c1ccc2c(c1)[nH]c1c(OCCCN3CCC3)cccc12. The summed E-state index contributed by atoms with van der Waals surface area (Å²) in [5.74, 6) is 0.965. The fraction of sp³-hybridized carbons (Fsp3) is 0.333. The molecule has 2 aromatic carbocycles. The number of H-pyrrole nitrogens is 1. The van der Waals surface area contributed by atoms with Crippen molar-refractivity contribution in [2.45, 2.75) is 12.8 Å². The number of para-hydroxylation sites is 2. The van der Waals surface area contributed by atoms with Gasteiger partial charge in [-0.3, -0.25) is 0 Å². The van der Waals surface area contributed by atoms with E-state index in [-0.39, 0.29) is 0 Å². The maximum absolute atomic E-state index is 6.01. The Bertz CT molecular complexity index is 758. The average Bonchev–Trinajstić information content (AvgIpc) is 2.85. The highest BCUT2D eigenvalue weighted by Gasteiger charge is 2.13. The van der Waals surface area contributed by atoms with E-state index in [2.05, 4.69) is 52.3 Å². The van der Waals surface area contributed by atoms with Crippen LogP contribution in [0.2, 0.25) is 0 Å². The second kappa shape index (κ2) is 5.41. The summed E-state index contributed by atoms with van der Waals surface area (Å²) >= 11 is 0. The Balaban J connectivity index is 1.53.